The van der Waals surface area contributed by atoms with Crippen molar-refractivity contribution in [3.8, 4) is 5.75 Å². The fourth-order valence-electron chi connectivity index (χ4n) is 9.32. The van der Waals surface area contributed by atoms with Gasteiger partial charge in [0.1, 0.15) is 12.4 Å². The van der Waals surface area contributed by atoms with Crippen molar-refractivity contribution in [2.75, 3.05) is 11.9 Å². The van der Waals surface area contributed by atoms with E-state index in [0.717, 1.165) is 43.4 Å². The van der Waals surface area contributed by atoms with E-state index in [1.54, 1.807) is 0 Å². The van der Waals surface area contributed by atoms with Gasteiger partial charge in [-0.25, -0.2) is 0 Å². The molecule has 222 valence electrons. The first-order valence-corrected chi connectivity index (χ1v) is 15.6. The van der Waals surface area contributed by atoms with Crippen LogP contribution < -0.4 is 10.1 Å². The lowest BCUT2D eigenvalue weighted by molar-refractivity contribution is -0.200. The molecule has 1 aromatic carbocycles. The number of carbonyl (C=O) groups excluding carboxylic acids is 1. The summed E-state index contributed by atoms with van der Waals surface area (Å²) in [4.78, 5) is 14.4. The van der Waals surface area contributed by atoms with E-state index < -0.39 is 23.4 Å². The third-order valence-corrected chi connectivity index (χ3v) is 11.0. The minimum Gasteiger partial charge on any atom is -0.486 e. The number of aliphatic hydroxyl groups is 1. The molecule has 0 aromatic heterocycles. The Morgan fingerprint density at radius 3 is 2.71 bits per heavy atom. The number of fused-ring (bicyclic) bond motifs is 7. The number of anilines is 1. The van der Waals surface area contributed by atoms with Gasteiger partial charge < -0.3 is 24.6 Å². The number of Topliss-reactive ketones (excluding diaryl/α,β-unsaturated/α-hetero) is 1. The molecule has 1 heterocycles. The lowest BCUT2D eigenvalue weighted by Crippen LogP contribution is -2.63. The summed E-state index contributed by atoms with van der Waals surface area (Å²) in [7, 11) is 0. The van der Waals surface area contributed by atoms with E-state index in [4.69, 9.17) is 14.2 Å². The average molecular weight is 562 g/mol. The van der Waals surface area contributed by atoms with Gasteiger partial charge in [-0.15, -0.1) is 0 Å². The molecule has 0 radical (unpaired) electrons. The van der Waals surface area contributed by atoms with Crippen LogP contribution in [0, 0.1) is 28.6 Å². The maximum absolute atomic E-state index is 14.4. The van der Waals surface area contributed by atoms with Crippen LogP contribution in [0.5, 0.6) is 5.75 Å². The standard InChI is InChI=1S/C35H47NO5/c1-7-8-31-40-30-18-27-26-14-9-23-17-22(4)15-16-33(23,5)32(26)28(37)19-34(27,6)35(30,41-31)29(38)20-39-25-12-10-24(11-13-25)36-21(2)3/h10-13,15-17,21,26-28,30-32,36-37H,4,7-9,14,18-20H2,1-3,5-6H3/t26-,27-,28-,30+,31?,32+,33-,34-,35+/m0/s1. The smallest absolute Gasteiger partial charge is 0.205 e. The lowest BCUT2D eigenvalue weighted by Gasteiger charge is -2.59. The van der Waals surface area contributed by atoms with Crippen molar-refractivity contribution in [2.24, 2.45) is 28.6 Å². The van der Waals surface area contributed by atoms with Crippen molar-refractivity contribution in [3.63, 3.8) is 0 Å². The summed E-state index contributed by atoms with van der Waals surface area (Å²) in [5.41, 5.74) is 1.53. The highest BCUT2D eigenvalue weighted by molar-refractivity contribution is 5.91. The van der Waals surface area contributed by atoms with E-state index in [2.05, 4.69) is 64.7 Å². The van der Waals surface area contributed by atoms with E-state index in [1.165, 1.54) is 5.57 Å². The maximum atomic E-state index is 14.4. The van der Waals surface area contributed by atoms with Crippen molar-refractivity contribution >= 4 is 11.5 Å². The van der Waals surface area contributed by atoms with Crippen LogP contribution in [0.1, 0.15) is 73.1 Å². The molecule has 2 N–H and O–H groups in total. The molecule has 4 fully saturated rings. The van der Waals surface area contributed by atoms with Gasteiger partial charge in [-0.3, -0.25) is 4.79 Å². The predicted octanol–water partition coefficient (Wildman–Crippen LogP) is 6.61. The van der Waals surface area contributed by atoms with Crippen LogP contribution in [0.25, 0.3) is 0 Å². The van der Waals surface area contributed by atoms with Crippen LogP contribution in [0.2, 0.25) is 0 Å². The van der Waals surface area contributed by atoms with Gasteiger partial charge in [0.25, 0.3) is 0 Å². The number of ether oxygens (including phenoxy) is 3. The number of carbonyl (C=O) groups is 1. The number of aliphatic hydroxyl groups excluding tert-OH is 1. The number of nitrogens with one attached hydrogen (secondary N) is 1. The Morgan fingerprint density at radius 2 is 2.00 bits per heavy atom. The predicted molar refractivity (Wildman–Crippen MR) is 161 cm³/mol. The molecule has 6 heteroatoms. The summed E-state index contributed by atoms with van der Waals surface area (Å²) in [6, 6.07) is 8.07. The van der Waals surface area contributed by atoms with Gasteiger partial charge in [0.05, 0.1) is 12.2 Å². The number of hydrogen-bond donors (Lipinski definition) is 2. The van der Waals surface area contributed by atoms with Crippen LogP contribution in [0.15, 0.2) is 60.2 Å². The van der Waals surface area contributed by atoms with Gasteiger partial charge in [0, 0.05) is 28.5 Å². The molecule has 41 heavy (non-hydrogen) atoms. The summed E-state index contributed by atoms with van der Waals surface area (Å²) in [6.45, 7) is 14.8. The Balaban J connectivity index is 1.29. The highest BCUT2D eigenvalue weighted by Gasteiger charge is 2.75. The average Bonchev–Trinajstić information content (AvgIpc) is 3.40. The Labute approximate surface area is 245 Å². The van der Waals surface area contributed by atoms with E-state index >= 15 is 0 Å². The molecule has 1 aromatic rings. The minimum atomic E-state index is -1.13. The van der Waals surface area contributed by atoms with E-state index in [-0.39, 0.29) is 41.7 Å². The molecule has 9 atom stereocenters. The van der Waals surface area contributed by atoms with E-state index in [1.807, 2.05) is 24.3 Å². The second-order valence-electron chi connectivity index (χ2n) is 13.9. The topological polar surface area (TPSA) is 77.0 Å². The molecule has 0 amide bonds. The van der Waals surface area contributed by atoms with Gasteiger partial charge in [-0.05, 0) is 87.6 Å². The summed E-state index contributed by atoms with van der Waals surface area (Å²) in [5, 5.41) is 15.3. The van der Waals surface area contributed by atoms with Crippen LogP contribution in [0.3, 0.4) is 0 Å². The van der Waals surface area contributed by atoms with Crippen molar-refractivity contribution in [3.05, 3.63) is 60.2 Å². The molecule has 1 saturated heterocycles. The van der Waals surface area contributed by atoms with Crippen molar-refractivity contribution in [1.82, 2.24) is 0 Å². The summed E-state index contributed by atoms with van der Waals surface area (Å²) in [5.74, 6) is 1.16. The molecule has 5 aliphatic rings. The summed E-state index contributed by atoms with van der Waals surface area (Å²) in [6.07, 6.45) is 10.2. The zero-order valence-corrected chi connectivity index (χ0v) is 25.3. The first-order chi connectivity index (χ1) is 19.5. The maximum Gasteiger partial charge on any atom is 0.205 e. The lowest BCUT2D eigenvalue weighted by atomic mass is 9.46. The van der Waals surface area contributed by atoms with Crippen LogP contribution in [0.4, 0.5) is 5.69 Å². The number of benzene rings is 1. The van der Waals surface area contributed by atoms with Crippen LogP contribution in [-0.2, 0) is 14.3 Å². The fourth-order valence-corrected chi connectivity index (χ4v) is 9.32. The molecule has 1 aliphatic heterocycles. The largest absolute Gasteiger partial charge is 0.486 e. The minimum absolute atomic E-state index is 0.0717. The van der Waals surface area contributed by atoms with Gasteiger partial charge in [-0.1, -0.05) is 57.6 Å². The van der Waals surface area contributed by atoms with Crippen molar-refractivity contribution in [2.45, 2.75) is 103 Å². The first kappa shape index (κ1) is 28.7. The molecule has 6 nitrogen and oxygen atoms in total. The molecule has 0 spiro atoms. The number of ketones is 1. The highest BCUT2D eigenvalue weighted by atomic mass is 16.7. The number of allylic oxidation sites excluding steroid dienone is 5. The highest BCUT2D eigenvalue weighted by Crippen LogP contribution is 2.69. The normalized spacial score (nSPS) is 40.9. The fraction of sp³-hybridized carbons (Fsp3) is 0.629. The third kappa shape index (κ3) is 4.44. The van der Waals surface area contributed by atoms with Crippen molar-refractivity contribution < 1.29 is 24.1 Å². The molecule has 3 saturated carbocycles. The van der Waals surface area contributed by atoms with E-state index in [9.17, 15) is 9.90 Å². The van der Waals surface area contributed by atoms with Crippen LogP contribution >= 0.6 is 0 Å². The quantitative estimate of drug-likeness (QED) is 0.372. The van der Waals surface area contributed by atoms with Crippen molar-refractivity contribution in [1.29, 1.82) is 0 Å². The molecular formula is C35H47NO5. The molecule has 1 unspecified atom stereocenters. The molecule has 6 rings (SSSR count). The van der Waals surface area contributed by atoms with E-state index in [0.29, 0.717) is 18.2 Å². The zero-order valence-electron chi connectivity index (χ0n) is 25.3. The van der Waals surface area contributed by atoms with Gasteiger partial charge in [-0.2, -0.15) is 0 Å². The summed E-state index contributed by atoms with van der Waals surface area (Å²) >= 11 is 0. The van der Waals surface area contributed by atoms with Gasteiger partial charge in [0.2, 0.25) is 5.78 Å². The second kappa shape index (κ2) is 10.4. The second-order valence-corrected chi connectivity index (χ2v) is 13.9. The SMILES string of the molecule is C=C1C=C[C@@]2(C)C(=C1)CC[C@@H]1[C@@H]2[C@@H](O)C[C@@]2(C)[C@H]1C[C@H]1OC(CCC)O[C@]12C(=O)COc1ccc(NC(C)C)cc1. The van der Waals surface area contributed by atoms with Gasteiger partial charge >= 0.3 is 0 Å². The molecule has 4 aliphatic carbocycles. The Bertz CT molecular complexity index is 1250. The Hall–Kier alpha value is -2.41. The Morgan fingerprint density at radius 1 is 1.24 bits per heavy atom. The molecular weight excluding hydrogens is 514 g/mol. The Kier molecular flexibility index (Phi) is 7.27. The first-order valence-electron chi connectivity index (χ1n) is 15.6. The van der Waals surface area contributed by atoms with Crippen LogP contribution in [-0.4, -0.2) is 47.6 Å². The molecule has 0 bridgehead atoms. The van der Waals surface area contributed by atoms with Gasteiger partial charge in [0.15, 0.2) is 11.9 Å². The zero-order chi connectivity index (χ0) is 29.2. The number of rotatable bonds is 8. The number of hydrogen-bond acceptors (Lipinski definition) is 6. The monoisotopic (exact) mass is 561 g/mol. The summed E-state index contributed by atoms with van der Waals surface area (Å²) < 4.78 is 19.4. The third-order valence-electron chi connectivity index (χ3n) is 11.0.